The van der Waals surface area contributed by atoms with Crippen molar-refractivity contribution in [2.24, 2.45) is 5.73 Å². The van der Waals surface area contributed by atoms with E-state index in [4.69, 9.17) is 5.73 Å². The third-order valence-corrected chi connectivity index (χ3v) is 4.63. The first-order chi connectivity index (χ1) is 12.6. The molecule has 1 aromatic heterocycles. The minimum atomic E-state index is -0.693. The molecule has 6 nitrogen and oxygen atoms in total. The second kappa shape index (κ2) is 6.15. The van der Waals surface area contributed by atoms with E-state index in [1.54, 1.807) is 10.7 Å². The maximum atomic E-state index is 13.2. The standard InChI is InChI=1S/C20H18N4O2/c1-13-11-16(22-24(13)15-8-3-2-4-9-15)20(26)23-17-10-6-5-7-14(17)12-18(23)19(21)25/h2-11,18H,12H2,1H3,(H2,21,25)/t18-/m0/s1. The van der Waals surface area contributed by atoms with Crippen LogP contribution in [0.25, 0.3) is 5.69 Å². The fourth-order valence-corrected chi connectivity index (χ4v) is 3.40. The van der Waals surface area contributed by atoms with Gasteiger partial charge in [-0.15, -0.1) is 0 Å². The Bertz CT molecular complexity index is 994. The zero-order valence-corrected chi connectivity index (χ0v) is 14.3. The Balaban J connectivity index is 1.75. The lowest BCUT2D eigenvalue weighted by atomic mass is 10.1. The summed E-state index contributed by atoms with van der Waals surface area (Å²) in [5, 5.41) is 4.46. The Labute approximate surface area is 150 Å². The van der Waals surface area contributed by atoms with Gasteiger partial charge in [-0.2, -0.15) is 5.10 Å². The number of nitrogens with zero attached hydrogens (tertiary/aromatic N) is 3. The molecule has 3 aromatic rings. The molecule has 0 radical (unpaired) electrons. The zero-order valence-electron chi connectivity index (χ0n) is 14.3. The number of fused-ring (bicyclic) bond motifs is 1. The number of para-hydroxylation sites is 2. The molecule has 26 heavy (non-hydrogen) atoms. The number of rotatable bonds is 3. The van der Waals surface area contributed by atoms with Gasteiger partial charge in [-0.25, -0.2) is 4.68 Å². The van der Waals surface area contributed by atoms with Crippen molar-refractivity contribution in [3.8, 4) is 5.69 Å². The molecule has 6 heteroatoms. The lowest BCUT2D eigenvalue weighted by Gasteiger charge is -2.22. The minimum Gasteiger partial charge on any atom is -0.368 e. The first kappa shape index (κ1) is 16.1. The molecule has 0 unspecified atom stereocenters. The molecule has 1 aliphatic heterocycles. The molecule has 130 valence electrons. The average Bonchev–Trinajstić information content (AvgIpc) is 3.23. The molecule has 0 spiro atoms. The summed E-state index contributed by atoms with van der Waals surface area (Å²) in [6, 6.07) is 18.1. The van der Waals surface area contributed by atoms with Gasteiger partial charge in [0.05, 0.1) is 5.69 Å². The molecular formula is C20H18N4O2. The maximum Gasteiger partial charge on any atom is 0.279 e. The number of amides is 2. The number of hydrogen-bond donors (Lipinski definition) is 1. The van der Waals surface area contributed by atoms with Gasteiger partial charge in [0.1, 0.15) is 6.04 Å². The van der Waals surface area contributed by atoms with Crippen molar-refractivity contribution in [1.82, 2.24) is 9.78 Å². The Kier molecular flexibility index (Phi) is 3.80. The molecule has 2 aromatic carbocycles. The van der Waals surface area contributed by atoms with E-state index in [0.717, 1.165) is 16.9 Å². The summed E-state index contributed by atoms with van der Waals surface area (Å²) >= 11 is 0. The van der Waals surface area contributed by atoms with Crippen LogP contribution in [0.2, 0.25) is 0 Å². The predicted octanol–water partition coefficient (Wildman–Crippen LogP) is 2.24. The van der Waals surface area contributed by atoms with Crippen molar-refractivity contribution in [2.75, 3.05) is 4.90 Å². The van der Waals surface area contributed by atoms with Crippen molar-refractivity contribution in [3.05, 3.63) is 77.6 Å². The molecule has 2 amide bonds. The highest BCUT2D eigenvalue weighted by Crippen LogP contribution is 2.33. The van der Waals surface area contributed by atoms with Crippen LogP contribution in [-0.4, -0.2) is 27.6 Å². The second-order valence-electron chi connectivity index (χ2n) is 6.34. The monoisotopic (exact) mass is 346 g/mol. The van der Waals surface area contributed by atoms with Crippen LogP contribution in [0.4, 0.5) is 5.69 Å². The summed E-state index contributed by atoms with van der Waals surface area (Å²) < 4.78 is 1.72. The smallest absolute Gasteiger partial charge is 0.279 e. The molecule has 0 fully saturated rings. The molecule has 0 saturated heterocycles. The van der Waals surface area contributed by atoms with E-state index in [1.807, 2.05) is 61.5 Å². The van der Waals surface area contributed by atoms with E-state index in [9.17, 15) is 9.59 Å². The molecule has 1 atom stereocenters. The van der Waals surface area contributed by atoms with Crippen molar-refractivity contribution in [3.63, 3.8) is 0 Å². The molecule has 2 heterocycles. The third-order valence-electron chi connectivity index (χ3n) is 4.63. The van der Waals surface area contributed by atoms with Gasteiger partial charge in [0.25, 0.3) is 5.91 Å². The second-order valence-corrected chi connectivity index (χ2v) is 6.34. The summed E-state index contributed by atoms with van der Waals surface area (Å²) in [5.41, 5.74) is 9.20. The van der Waals surface area contributed by atoms with Crippen LogP contribution in [0.1, 0.15) is 21.7 Å². The van der Waals surface area contributed by atoms with E-state index in [-0.39, 0.29) is 11.6 Å². The molecule has 2 N–H and O–H groups in total. The largest absolute Gasteiger partial charge is 0.368 e. The van der Waals surface area contributed by atoms with E-state index in [0.29, 0.717) is 12.1 Å². The number of aryl methyl sites for hydroxylation is 1. The SMILES string of the molecule is Cc1cc(C(=O)N2c3ccccc3C[C@H]2C(N)=O)nn1-c1ccccc1. The summed E-state index contributed by atoms with van der Waals surface area (Å²) in [5.74, 6) is -0.842. The average molecular weight is 346 g/mol. The quantitative estimate of drug-likeness (QED) is 0.790. The summed E-state index contributed by atoms with van der Waals surface area (Å²) in [6.45, 7) is 1.89. The van der Waals surface area contributed by atoms with Gasteiger partial charge in [-0.3, -0.25) is 14.5 Å². The van der Waals surface area contributed by atoms with Gasteiger partial charge in [-0.05, 0) is 36.8 Å². The minimum absolute atomic E-state index is 0.286. The number of primary amides is 1. The van der Waals surface area contributed by atoms with Crippen molar-refractivity contribution >= 4 is 17.5 Å². The molecule has 0 aliphatic carbocycles. The van der Waals surface area contributed by atoms with Crippen molar-refractivity contribution < 1.29 is 9.59 Å². The highest BCUT2D eigenvalue weighted by molar-refractivity contribution is 6.10. The van der Waals surface area contributed by atoms with Crippen molar-refractivity contribution in [2.45, 2.75) is 19.4 Å². The predicted molar refractivity (Wildman–Crippen MR) is 98.2 cm³/mol. The lowest BCUT2D eigenvalue weighted by molar-refractivity contribution is -0.119. The number of benzene rings is 2. The van der Waals surface area contributed by atoms with Crippen LogP contribution in [0, 0.1) is 6.92 Å². The van der Waals surface area contributed by atoms with Gasteiger partial charge >= 0.3 is 0 Å². The Morgan fingerprint density at radius 1 is 1.08 bits per heavy atom. The van der Waals surface area contributed by atoms with Crippen LogP contribution in [-0.2, 0) is 11.2 Å². The van der Waals surface area contributed by atoms with Crippen LogP contribution in [0.5, 0.6) is 0 Å². The first-order valence-corrected chi connectivity index (χ1v) is 8.39. The number of carbonyl (C=O) groups excluding carboxylic acids is 2. The van der Waals surface area contributed by atoms with E-state index >= 15 is 0 Å². The zero-order chi connectivity index (χ0) is 18.3. The van der Waals surface area contributed by atoms with Gasteiger partial charge in [0, 0.05) is 17.8 Å². The van der Waals surface area contributed by atoms with E-state index in [1.165, 1.54) is 4.90 Å². The molecule has 0 saturated carbocycles. The lowest BCUT2D eigenvalue weighted by Crippen LogP contribution is -2.46. The topological polar surface area (TPSA) is 81.2 Å². The van der Waals surface area contributed by atoms with Crippen LogP contribution in [0.15, 0.2) is 60.7 Å². The van der Waals surface area contributed by atoms with Gasteiger partial charge in [0.2, 0.25) is 5.91 Å². The third kappa shape index (κ3) is 2.56. The van der Waals surface area contributed by atoms with Crippen LogP contribution in [0.3, 0.4) is 0 Å². The van der Waals surface area contributed by atoms with Gasteiger partial charge in [0.15, 0.2) is 5.69 Å². The molecule has 4 rings (SSSR count). The number of aromatic nitrogens is 2. The van der Waals surface area contributed by atoms with E-state index < -0.39 is 11.9 Å². The Morgan fingerprint density at radius 2 is 1.77 bits per heavy atom. The normalized spacial score (nSPS) is 15.7. The number of carbonyl (C=O) groups is 2. The van der Waals surface area contributed by atoms with Crippen LogP contribution < -0.4 is 10.6 Å². The summed E-state index contributed by atoms with van der Waals surface area (Å²) in [6.07, 6.45) is 0.426. The molecule has 1 aliphatic rings. The molecular weight excluding hydrogens is 328 g/mol. The summed E-state index contributed by atoms with van der Waals surface area (Å²) in [4.78, 5) is 26.5. The highest BCUT2D eigenvalue weighted by atomic mass is 16.2. The highest BCUT2D eigenvalue weighted by Gasteiger charge is 2.38. The van der Waals surface area contributed by atoms with Gasteiger partial charge in [-0.1, -0.05) is 36.4 Å². The van der Waals surface area contributed by atoms with Crippen LogP contribution >= 0.6 is 0 Å². The van der Waals surface area contributed by atoms with Crippen molar-refractivity contribution in [1.29, 1.82) is 0 Å². The Hall–Kier alpha value is -3.41. The number of anilines is 1. The number of nitrogens with two attached hydrogens (primary N) is 1. The number of hydrogen-bond acceptors (Lipinski definition) is 3. The fourth-order valence-electron chi connectivity index (χ4n) is 3.40. The maximum absolute atomic E-state index is 13.2. The first-order valence-electron chi connectivity index (χ1n) is 8.39. The van der Waals surface area contributed by atoms with E-state index in [2.05, 4.69) is 5.10 Å². The Morgan fingerprint density at radius 3 is 2.50 bits per heavy atom. The van der Waals surface area contributed by atoms with Gasteiger partial charge < -0.3 is 5.73 Å². The fraction of sp³-hybridized carbons (Fsp3) is 0.150. The molecule has 0 bridgehead atoms. The summed E-state index contributed by atoms with van der Waals surface area (Å²) in [7, 11) is 0.